The molecule has 1 fully saturated rings. The van der Waals surface area contributed by atoms with Gasteiger partial charge in [0.2, 0.25) is 0 Å². The van der Waals surface area contributed by atoms with Crippen LogP contribution in [0.25, 0.3) is 11.0 Å². The third-order valence-corrected chi connectivity index (χ3v) is 10.6. The lowest BCUT2D eigenvalue weighted by molar-refractivity contribution is -0.0549. The quantitative estimate of drug-likeness (QED) is 0.0781. The van der Waals surface area contributed by atoms with Gasteiger partial charge in [-0.25, -0.2) is 13.9 Å². The molecule has 4 rings (SSSR count). The summed E-state index contributed by atoms with van der Waals surface area (Å²) >= 11 is 0. The van der Waals surface area contributed by atoms with Gasteiger partial charge < -0.3 is 34.2 Å². The van der Waals surface area contributed by atoms with E-state index < -0.39 is 58.0 Å². The van der Waals surface area contributed by atoms with E-state index in [0.29, 0.717) is 29.8 Å². The van der Waals surface area contributed by atoms with E-state index in [1.807, 2.05) is 6.92 Å². The fourth-order valence-corrected chi connectivity index (χ4v) is 7.26. The van der Waals surface area contributed by atoms with Crippen molar-refractivity contribution < 1.29 is 51.7 Å². The van der Waals surface area contributed by atoms with Crippen LogP contribution in [0.3, 0.4) is 0 Å². The first-order valence-corrected chi connectivity index (χ1v) is 18.6. The van der Waals surface area contributed by atoms with Crippen LogP contribution in [-0.4, -0.2) is 108 Å². The molecule has 18 nitrogen and oxygen atoms in total. The molecule has 1 saturated heterocycles. The van der Waals surface area contributed by atoms with Gasteiger partial charge in [-0.2, -0.15) is 4.31 Å². The fourth-order valence-electron chi connectivity index (χ4n) is 5.19. The second kappa shape index (κ2) is 16.9. The van der Waals surface area contributed by atoms with Crippen molar-refractivity contribution in [3.63, 3.8) is 0 Å². The first-order valence-electron chi connectivity index (χ1n) is 15.6. The summed E-state index contributed by atoms with van der Waals surface area (Å²) in [6.07, 6.45) is -3.74. The van der Waals surface area contributed by atoms with Gasteiger partial charge in [0.25, 0.3) is 5.56 Å². The summed E-state index contributed by atoms with van der Waals surface area (Å²) in [7, 11) is -10.3. The number of unbranched alkanes of at least 4 members (excludes halogenated alkanes) is 1. The van der Waals surface area contributed by atoms with Crippen LogP contribution in [0.15, 0.2) is 50.6 Å². The average Bonchev–Trinajstić information content (AvgIpc) is 3.59. The number of aliphatic hydroxyl groups excluding tert-OH is 2. The van der Waals surface area contributed by atoms with E-state index in [0.717, 1.165) is 53.9 Å². The first kappa shape index (κ1) is 38.2. The number of rotatable bonds is 19. The second-order valence-corrected chi connectivity index (χ2v) is 14.2. The third kappa shape index (κ3) is 9.78. The molecule has 0 amide bonds. The van der Waals surface area contributed by atoms with E-state index >= 15 is 0 Å². The van der Waals surface area contributed by atoms with Crippen molar-refractivity contribution in [1.82, 2.24) is 24.1 Å². The Kier molecular flexibility index (Phi) is 13.5. The number of phosphoric acid groups is 2. The number of phosphoric ester groups is 2. The molecule has 1 aliphatic heterocycles. The lowest BCUT2D eigenvalue weighted by Crippen LogP contribution is -2.43. The maximum Gasteiger partial charge on any atom is 0.482 e. The van der Waals surface area contributed by atoms with Crippen molar-refractivity contribution in [2.45, 2.75) is 64.7 Å². The molecule has 3 aromatic rings. The summed E-state index contributed by atoms with van der Waals surface area (Å²) in [5, 5.41) is 25.8. The minimum atomic E-state index is -5.26. The van der Waals surface area contributed by atoms with Gasteiger partial charge in [-0.3, -0.25) is 27.9 Å². The fraction of sp³-hybridized carbons (Fsp3) is 0.607. The van der Waals surface area contributed by atoms with Crippen molar-refractivity contribution in [2.24, 2.45) is 0 Å². The molecule has 5 unspecified atom stereocenters. The highest BCUT2D eigenvalue weighted by molar-refractivity contribution is 7.61. The standard InChI is InChI=1S/C28H43N5O13P2/c1-4-30(5-2)14-9-10-15-31(6-3)19-43-48(40,41)46-47(38,39)42-18-23-25(35)26(36)27(44-23)32-16-13-24(34)33(28(32)37)17-21-20-11-7-8-12-22(20)45-29-21/h7-8,11-13,16,23,25-27,35-36H,4-6,9-10,14-15,17-19H2,1-3H3,(H,38,39)(H,40,41)/t23?,25?,26-,27?/m0/s1. The lowest BCUT2D eigenvalue weighted by Gasteiger charge is -2.23. The molecule has 2 aromatic heterocycles. The summed E-state index contributed by atoms with van der Waals surface area (Å²) in [6, 6.07) is 7.90. The molecule has 268 valence electrons. The Labute approximate surface area is 276 Å². The van der Waals surface area contributed by atoms with Crippen LogP contribution in [0.2, 0.25) is 0 Å². The Hall–Kier alpha value is -2.57. The SMILES string of the molecule is CCN(CC)CCCCN(CC)COP(=O)(O)OP(=O)(O)OCC1OC(n2ccc(=O)n(Cc3noc4ccccc34)c2=O)[C@@H](O)C1O. The number of hydrogen-bond acceptors (Lipinski definition) is 14. The molecule has 0 radical (unpaired) electrons. The van der Waals surface area contributed by atoms with Crippen molar-refractivity contribution in [1.29, 1.82) is 0 Å². The van der Waals surface area contributed by atoms with Crippen molar-refractivity contribution in [3.05, 3.63) is 63.1 Å². The number of para-hydroxylation sites is 1. The van der Waals surface area contributed by atoms with Gasteiger partial charge in [-0.15, -0.1) is 0 Å². The molecule has 0 spiro atoms. The van der Waals surface area contributed by atoms with E-state index in [-0.39, 0.29) is 13.3 Å². The number of nitrogens with zero attached hydrogens (tertiary/aromatic N) is 5. The Bertz CT molecular complexity index is 1710. The molecule has 0 aliphatic carbocycles. The predicted molar refractivity (Wildman–Crippen MR) is 171 cm³/mol. The lowest BCUT2D eigenvalue weighted by atomic mass is 10.1. The third-order valence-electron chi connectivity index (χ3n) is 8.02. The smallest absolute Gasteiger partial charge is 0.387 e. The number of hydrogen-bond donors (Lipinski definition) is 4. The zero-order valence-electron chi connectivity index (χ0n) is 26.9. The Balaban J connectivity index is 1.33. The molecule has 3 heterocycles. The normalized spacial score (nSPS) is 22.4. The van der Waals surface area contributed by atoms with Gasteiger partial charge in [0.1, 0.15) is 30.7 Å². The largest absolute Gasteiger partial charge is 0.482 e. The van der Waals surface area contributed by atoms with Gasteiger partial charge in [-0.05, 0) is 51.2 Å². The van der Waals surface area contributed by atoms with E-state index in [1.54, 1.807) is 29.2 Å². The van der Waals surface area contributed by atoms with Crippen LogP contribution < -0.4 is 11.2 Å². The maximum atomic E-state index is 13.3. The topological polar surface area (TPSA) is 228 Å². The van der Waals surface area contributed by atoms with Crippen LogP contribution in [0.4, 0.5) is 0 Å². The van der Waals surface area contributed by atoms with E-state index in [1.165, 1.54) is 0 Å². The maximum absolute atomic E-state index is 13.3. The summed E-state index contributed by atoms with van der Waals surface area (Å²) < 4.78 is 51.6. The Morgan fingerprint density at radius 1 is 0.917 bits per heavy atom. The zero-order valence-corrected chi connectivity index (χ0v) is 28.7. The molecular weight excluding hydrogens is 676 g/mol. The van der Waals surface area contributed by atoms with Crippen LogP contribution in [-0.2, 0) is 33.8 Å². The summed E-state index contributed by atoms with van der Waals surface area (Å²) in [5.41, 5.74) is -0.833. The highest BCUT2D eigenvalue weighted by Crippen LogP contribution is 2.60. The van der Waals surface area contributed by atoms with Crippen LogP contribution in [0.5, 0.6) is 0 Å². The Morgan fingerprint density at radius 3 is 2.25 bits per heavy atom. The van der Waals surface area contributed by atoms with Crippen LogP contribution in [0, 0.1) is 0 Å². The summed E-state index contributed by atoms with van der Waals surface area (Å²) in [5.74, 6) is 0. The van der Waals surface area contributed by atoms with Crippen molar-refractivity contribution in [3.8, 4) is 0 Å². The molecule has 1 aliphatic rings. The van der Waals surface area contributed by atoms with Crippen LogP contribution >= 0.6 is 15.6 Å². The Morgan fingerprint density at radius 2 is 1.56 bits per heavy atom. The van der Waals surface area contributed by atoms with Gasteiger partial charge in [0.15, 0.2) is 11.8 Å². The number of aliphatic hydroxyl groups is 2. The number of fused-ring (bicyclic) bond motifs is 1. The molecular formula is C28H43N5O13P2. The molecule has 0 bridgehead atoms. The zero-order chi connectivity index (χ0) is 35.1. The highest BCUT2D eigenvalue weighted by Gasteiger charge is 2.46. The molecule has 4 N–H and O–H groups in total. The van der Waals surface area contributed by atoms with Crippen molar-refractivity contribution in [2.75, 3.05) is 46.1 Å². The van der Waals surface area contributed by atoms with Crippen molar-refractivity contribution >= 4 is 26.6 Å². The molecule has 1 aromatic carbocycles. The summed E-state index contributed by atoms with van der Waals surface area (Å²) in [4.78, 5) is 50.1. The van der Waals surface area contributed by atoms with Gasteiger partial charge in [0, 0.05) is 24.2 Å². The van der Waals surface area contributed by atoms with E-state index in [9.17, 15) is 38.7 Å². The molecule has 6 atom stereocenters. The number of benzene rings is 1. The van der Waals surface area contributed by atoms with Gasteiger partial charge in [-0.1, -0.05) is 38.1 Å². The summed E-state index contributed by atoms with van der Waals surface area (Å²) in [6.45, 7) is 8.32. The molecule has 48 heavy (non-hydrogen) atoms. The minimum Gasteiger partial charge on any atom is -0.387 e. The van der Waals surface area contributed by atoms with Gasteiger partial charge >= 0.3 is 21.3 Å². The minimum absolute atomic E-state index is 0.269. The predicted octanol–water partition coefficient (Wildman–Crippen LogP) is 1.47. The first-order chi connectivity index (χ1) is 22.8. The molecule has 20 heteroatoms. The van der Waals surface area contributed by atoms with Gasteiger partial charge in [0.05, 0.1) is 13.2 Å². The molecule has 0 saturated carbocycles. The number of aromatic nitrogens is 3. The second-order valence-electron chi connectivity index (χ2n) is 11.1. The number of ether oxygens (including phenoxy) is 1. The average molecular weight is 720 g/mol. The monoisotopic (exact) mass is 719 g/mol. The van der Waals surface area contributed by atoms with Crippen LogP contribution in [0.1, 0.15) is 45.5 Å². The highest BCUT2D eigenvalue weighted by atomic mass is 31.3. The van der Waals surface area contributed by atoms with E-state index in [2.05, 4.69) is 28.2 Å². The van der Waals surface area contributed by atoms with E-state index in [4.69, 9.17) is 18.3 Å².